The van der Waals surface area contributed by atoms with Crippen LogP contribution in [0.2, 0.25) is 0 Å². The van der Waals surface area contributed by atoms with Gasteiger partial charge in [0.1, 0.15) is 0 Å². The van der Waals surface area contributed by atoms with Gasteiger partial charge in [0.05, 0.1) is 4.90 Å². The average molecular weight is 353 g/mol. The molecule has 0 saturated carbocycles. The average Bonchev–Trinajstić information content (AvgIpc) is 2.88. The summed E-state index contributed by atoms with van der Waals surface area (Å²) in [6, 6.07) is 6.28. The highest BCUT2D eigenvalue weighted by Crippen LogP contribution is 2.20. The number of hydrogen-bond donors (Lipinski definition) is 1. The summed E-state index contributed by atoms with van der Waals surface area (Å²) in [7, 11) is -3.45. The third kappa shape index (κ3) is 5.05. The van der Waals surface area contributed by atoms with Crippen molar-refractivity contribution in [1.82, 2.24) is 9.62 Å². The number of carbonyl (C=O) groups excluding carboxylic acids is 1. The molecule has 1 aromatic rings. The molecular formula is C18H28N2O3S. The molecular weight excluding hydrogens is 324 g/mol. The van der Waals surface area contributed by atoms with Crippen LogP contribution in [0.5, 0.6) is 0 Å². The molecule has 6 heteroatoms. The normalized spacial score (nSPS) is 16.5. The maximum absolute atomic E-state index is 12.7. The van der Waals surface area contributed by atoms with E-state index in [0.717, 1.165) is 44.9 Å². The lowest BCUT2D eigenvalue weighted by atomic mass is 10.2. The van der Waals surface area contributed by atoms with Gasteiger partial charge in [0.2, 0.25) is 10.0 Å². The van der Waals surface area contributed by atoms with Gasteiger partial charge in [-0.3, -0.25) is 4.79 Å². The molecule has 1 aliphatic heterocycles. The minimum Gasteiger partial charge on any atom is -0.352 e. The molecule has 1 heterocycles. The van der Waals surface area contributed by atoms with Crippen LogP contribution in [0.4, 0.5) is 0 Å². The second-order valence-corrected chi connectivity index (χ2v) is 8.24. The van der Waals surface area contributed by atoms with Gasteiger partial charge in [-0.05, 0) is 43.5 Å². The molecule has 0 unspecified atom stereocenters. The van der Waals surface area contributed by atoms with Gasteiger partial charge in [-0.2, -0.15) is 4.31 Å². The van der Waals surface area contributed by atoms with E-state index in [1.165, 1.54) is 0 Å². The lowest BCUT2D eigenvalue weighted by Crippen LogP contribution is -2.32. The van der Waals surface area contributed by atoms with E-state index in [9.17, 15) is 13.2 Å². The third-order valence-electron chi connectivity index (χ3n) is 4.39. The number of hydrogen-bond acceptors (Lipinski definition) is 3. The van der Waals surface area contributed by atoms with Gasteiger partial charge in [0.25, 0.3) is 5.91 Å². The highest BCUT2D eigenvalue weighted by molar-refractivity contribution is 7.89. The molecule has 1 aromatic carbocycles. The number of sulfonamides is 1. The molecule has 1 saturated heterocycles. The zero-order valence-corrected chi connectivity index (χ0v) is 15.3. The van der Waals surface area contributed by atoms with Crippen LogP contribution in [0, 0.1) is 0 Å². The largest absolute Gasteiger partial charge is 0.352 e. The standard InChI is InChI=1S/C18H28N2O3S/c1-2-3-6-13-19-18(21)16-9-11-17(12-10-16)24(22,23)20-14-7-4-5-8-15-20/h9-12H,2-8,13-15H2,1H3,(H,19,21). The zero-order chi connectivity index (χ0) is 17.4. The van der Waals surface area contributed by atoms with Gasteiger partial charge in [-0.15, -0.1) is 0 Å². The van der Waals surface area contributed by atoms with Crippen molar-refractivity contribution < 1.29 is 13.2 Å². The predicted octanol–water partition coefficient (Wildman–Crippen LogP) is 3.17. The number of nitrogens with zero attached hydrogens (tertiary/aromatic N) is 1. The molecule has 0 bridgehead atoms. The zero-order valence-electron chi connectivity index (χ0n) is 14.5. The number of rotatable bonds is 7. The van der Waals surface area contributed by atoms with Crippen LogP contribution in [0.3, 0.4) is 0 Å². The fourth-order valence-electron chi connectivity index (χ4n) is 2.89. The van der Waals surface area contributed by atoms with Gasteiger partial charge in [0, 0.05) is 25.2 Å². The third-order valence-corrected chi connectivity index (χ3v) is 6.30. The first-order valence-corrected chi connectivity index (χ1v) is 10.4. The van der Waals surface area contributed by atoms with Crippen molar-refractivity contribution in [2.75, 3.05) is 19.6 Å². The highest BCUT2D eigenvalue weighted by Gasteiger charge is 2.25. The summed E-state index contributed by atoms with van der Waals surface area (Å²) in [5.41, 5.74) is 0.501. The van der Waals surface area contributed by atoms with E-state index in [2.05, 4.69) is 12.2 Å². The minimum atomic E-state index is -3.45. The molecule has 1 N–H and O–H groups in total. The van der Waals surface area contributed by atoms with Gasteiger partial charge < -0.3 is 5.32 Å². The maximum Gasteiger partial charge on any atom is 0.251 e. The fourth-order valence-corrected chi connectivity index (χ4v) is 4.41. The van der Waals surface area contributed by atoms with Crippen LogP contribution >= 0.6 is 0 Å². The first-order chi connectivity index (χ1) is 11.6. The molecule has 0 aromatic heterocycles. The lowest BCUT2D eigenvalue weighted by Gasteiger charge is -2.20. The number of unbranched alkanes of at least 4 members (excludes halogenated alkanes) is 2. The summed E-state index contributed by atoms with van der Waals surface area (Å²) in [5.74, 6) is -0.148. The summed E-state index contributed by atoms with van der Waals surface area (Å²) in [5, 5.41) is 2.86. The van der Waals surface area contributed by atoms with Crippen molar-refractivity contribution in [3.05, 3.63) is 29.8 Å². The van der Waals surface area contributed by atoms with Crippen LogP contribution in [0.25, 0.3) is 0 Å². The van der Waals surface area contributed by atoms with Gasteiger partial charge in [-0.25, -0.2) is 8.42 Å². The Balaban J connectivity index is 2.01. The van der Waals surface area contributed by atoms with Crippen LogP contribution in [-0.2, 0) is 10.0 Å². The molecule has 0 spiro atoms. The number of amides is 1. The second kappa shape index (κ2) is 9.18. The van der Waals surface area contributed by atoms with E-state index in [1.807, 2.05) is 0 Å². The second-order valence-electron chi connectivity index (χ2n) is 6.31. The lowest BCUT2D eigenvalue weighted by molar-refractivity contribution is 0.0953. The molecule has 24 heavy (non-hydrogen) atoms. The van der Waals surface area contributed by atoms with E-state index < -0.39 is 10.0 Å². The van der Waals surface area contributed by atoms with E-state index in [-0.39, 0.29) is 10.8 Å². The van der Waals surface area contributed by atoms with E-state index in [1.54, 1.807) is 28.6 Å². The first-order valence-electron chi connectivity index (χ1n) is 8.94. The van der Waals surface area contributed by atoms with Crippen LogP contribution < -0.4 is 5.32 Å². The summed E-state index contributed by atoms with van der Waals surface area (Å²) in [6.45, 7) is 3.94. The summed E-state index contributed by atoms with van der Waals surface area (Å²) in [6.07, 6.45) is 7.16. The molecule has 0 atom stereocenters. The van der Waals surface area contributed by atoms with Crippen molar-refractivity contribution in [2.24, 2.45) is 0 Å². The molecule has 1 fully saturated rings. The van der Waals surface area contributed by atoms with E-state index in [4.69, 9.17) is 0 Å². The number of nitrogens with one attached hydrogen (secondary N) is 1. The molecule has 0 radical (unpaired) electrons. The summed E-state index contributed by atoms with van der Waals surface area (Å²) >= 11 is 0. The molecule has 5 nitrogen and oxygen atoms in total. The molecule has 1 aliphatic rings. The topological polar surface area (TPSA) is 66.5 Å². The Morgan fingerprint density at radius 1 is 1.04 bits per heavy atom. The van der Waals surface area contributed by atoms with Crippen LogP contribution in [0.15, 0.2) is 29.2 Å². The number of benzene rings is 1. The fraction of sp³-hybridized carbons (Fsp3) is 0.611. The Morgan fingerprint density at radius 3 is 2.25 bits per heavy atom. The highest BCUT2D eigenvalue weighted by atomic mass is 32.2. The Hall–Kier alpha value is -1.40. The van der Waals surface area contributed by atoms with E-state index >= 15 is 0 Å². The summed E-state index contributed by atoms with van der Waals surface area (Å²) in [4.78, 5) is 12.3. The van der Waals surface area contributed by atoms with Crippen molar-refractivity contribution >= 4 is 15.9 Å². The SMILES string of the molecule is CCCCCNC(=O)c1ccc(S(=O)(=O)N2CCCCCC2)cc1. The van der Waals surface area contributed by atoms with Gasteiger partial charge in [0.15, 0.2) is 0 Å². The monoisotopic (exact) mass is 352 g/mol. The maximum atomic E-state index is 12.7. The molecule has 0 aliphatic carbocycles. The predicted molar refractivity (Wildman–Crippen MR) is 95.5 cm³/mol. The smallest absolute Gasteiger partial charge is 0.251 e. The van der Waals surface area contributed by atoms with Gasteiger partial charge in [-0.1, -0.05) is 32.6 Å². The Labute approximate surface area is 145 Å². The van der Waals surface area contributed by atoms with Crippen molar-refractivity contribution in [2.45, 2.75) is 56.8 Å². The quantitative estimate of drug-likeness (QED) is 0.767. The Kier molecular flexibility index (Phi) is 7.24. The van der Waals surface area contributed by atoms with Crippen molar-refractivity contribution in [3.63, 3.8) is 0 Å². The van der Waals surface area contributed by atoms with Crippen molar-refractivity contribution in [3.8, 4) is 0 Å². The summed E-state index contributed by atoms with van der Waals surface area (Å²) < 4.78 is 27.0. The van der Waals surface area contributed by atoms with Crippen LogP contribution in [-0.4, -0.2) is 38.3 Å². The first kappa shape index (κ1) is 18.9. The van der Waals surface area contributed by atoms with E-state index in [0.29, 0.717) is 25.2 Å². The van der Waals surface area contributed by atoms with Gasteiger partial charge >= 0.3 is 0 Å². The number of carbonyl (C=O) groups is 1. The Morgan fingerprint density at radius 2 is 1.67 bits per heavy atom. The Bertz CT molecular complexity index is 618. The molecule has 1 amide bonds. The van der Waals surface area contributed by atoms with Crippen LogP contribution in [0.1, 0.15) is 62.2 Å². The van der Waals surface area contributed by atoms with Crippen molar-refractivity contribution in [1.29, 1.82) is 0 Å². The molecule has 134 valence electrons. The minimum absolute atomic E-state index is 0.148. The molecule has 2 rings (SSSR count).